The number of nitrogens with zero attached hydrogens (tertiary/aromatic N) is 5. The number of fused-ring (bicyclic) bond motifs is 1. The second-order valence-corrected chi connectivity index (χ2v) is 9.62. The van der Waals surface area contributed by atoms with Gasteiger partial charge in [-0.3, -0.25) is 0 Å². The molecule has 1 aliphatic rings. The summed E-state index contributed by atoms with van der Waals surface area (Å²) >= 11 is 1.60. The number of nitrogens with one attached hydrogen (secondary N) is 2. The van der Waals surface area contributed by atoms with Crippen LogP contribution < -0.4 is 15.4 Å². The number of hydrogen-bond donors (Lipinski definition) is 2. The first-order chi connectivity index (χ1) is 17.7. The van der Waals surface area contributed by atoms with E-state index in [2.05, 4.69) is 36.6 Å². The molecule has 36 heavy (non-hydrogen) atoms. The third kappa shape index (κ3) is 4.89. The molecular formula is C27H25N7OS. The zero-order valence-electron chi connectivity index (χ0n) is 19.8. The average molecular weight is 496 g/mol. The van der Waals surface area contributed by atoms with E-state index >= 15 is 0 Å². The number of rotatable bonds is 6. The fourth-order valence-corrected chi connectivity index (χ4v) is 4.91. The van der Waals surface area contributed by atoms with Gasteiger partial charge in [0.25, 0.3) is 0 Å². The molecule has 0 aliphatic carbocycles. The predicted octanol–water partition coefficient (Wildman–Crippen LogP) is 5.39. The van der Waals surface area contributed by atoms with Crippen molar-refractivity contribution in [1.29, 1.82) is 0 Å². The van der Waals surface area contributed by atoms with Gasteiger partial charge in [0.2, 0.25) is 5.95 Å². The highest BCUT2D eigenvalue weighted by Crippen LogP contribution is 2.36. The van der Waals surface area contributed by atoms with E-state index in [0.717, 1.165) is 75.8 Å². The fourth-order valence-electron chi connectivity index (χ4n) is 4.25. The SMILES string of the molecule is Cc1ncc(-c2ccc(Nc3ncc4cc(-c5nccs5)c(OC5CCNCC5)cc4n3)cc2)cn1. The first kappa shape index (κ1) is 22.5. The highest BCUT2D eigenvalue weighted by Gasteiger charge is 2.19. The van der Waals surface area contributed by atoms with Gasteiger partial charge in [0.15, 0.2) is 0 Å². The Morgan fingerprint density at radius 1 is 0.944 bits per heavy atom. The summed E-state index contributed by atoms with van der Waals surface area (Å²) in [5, 5.41) is 10.6. The molecule has 8 nitrogen and oxygen atoms in total. The van der Waals surface area contributed by atoms with E-state index in [1.165, 1.54) is 0 Å². The van der Waals surface area contributed by atoms with Crippen molar-refractivity contribution in [3.8, 4) is 27.4 Å². The Morgan fingerprint density at radius 2 is 1.75 bits per heavy atom. The summed E-state index contributed by atoms with van der Waals surface area (Å²) in [6, 6.07) is 12.2. The Hall–Kier alpha value is -3.95. The number of ether oxygens (including phenoxy) is 1. The Bertz CT molecular complexity index is 1470. The lowest BCUT2D eigenvalue weighted by molar-refractivity contribution is 0.163. The molecule has 6 rings (SSSR count). The second kappa shape index (κ2) is 9.96. The van der Waals surface area contributed by atoms with Crippen LogP contribution >= 0.6 is 11.3 Å². The summed E-state index contributed by atoms with van der Waals surface area (Å²) in [5.41, 5.74) is 4.73. The minimum atomic E-state index is 0.180. The van der Waals surface area contributed by atoms with E-state index < -0.39 is 0 Å². The predicted molar refractivity (Wildman–Crippen MR) is 143 cm³/mol. The summed E-state index contributed by atoms with van der Waals surface area (Å²) in [6.07, 6.45) is 9.47. The van der Waals surface area contributed by atoms with Crippen molar-refractivity contribution in [2.24, 2.45) is 0 Å². The Balaban J connectivity index is 1.28. The van der Waals surface area contributed by atoms with Crippen LogP contribution in [0.1, 0.15) is 18.7 Å². The van der Waals surface area contributed by atoms with Gasteiger partial charge in [0.1, 0.15) is 22.7 Å². The number of piperidine rings is 1. The molecule has 0 radical (unpaired) electrons. The molecule has 4 heterocycles. The smallest absolute Gasteiger partial charge is 0.227 e. The Kier molecular flexibility index (Phi) is 6.23. The van der Waals surface area contributed by atoms with Crippen molar-refractivity contribution in [2.75, 3.05) is 18.4 Å². The molecule has 0 saturated carbocycles. The maximum absolute atomic E-state index is 6.47. The van der Waals surface area contributed by atoms with E-state index in [4.69, 9.17) is 9.72 Å². The van der Waals surface area contributed by atoms with Crippen LogP contribution in [-0.4, -0.2) is 44.1 Å². The number of thiazole rings is 1. The van der Waals surface area contributed by atoms with Crippen molar-refractivity contribution in [3.63, 3.8) is 0 Å². The van der Waals surface area contributed by atoms with Gasteiger partial charge in [-0.2, -0.15) is 0 Å². The molecule has 3 aromatic heterocycles. The minimum absolute atomic E-state index is 0.180. The first-order valence-electron chi connectivity index (χ1n) is 12.0. The number of aromatic nitrogens is 5. The second-order valence-electron chi connectivity index (χ2n) is 8.73. The summed E-state index contributed by atoms with van der Waals surface area (Å²) < 4.78 is 6.47. The summed E-state index contributed by atoms with van der Waals surface area (Å²) in [7, 11) is 0. The van der Waals surface area contributed by atoms with Crippen molar-refractivity contribution in [1.82, 2.24) is 30.2 Å². The van der Waals surface area contributed by atoms with Crippen LogP contribution in [0.25, 0.3) is 32.6 Å². The molecule has 2 N–H and O–H groups in total. The molecular weight excluding hydrogens is 470 g/mol. The highest BCUT2D eigenvalue weighted by molar-refractivity contribution is 7.13. The molecule has 9 heteroatoms. The Labute approximate surface area is 212 Å². The molecule has 1 fully saturated rings. The largest absolute Gasteiger partial charge is 0.490 e. The maximum Gasteiger partial charge on any atom is 0.227 e. The van der Waals surface area contributed by atoms with Crippen LogP contribution in [-0.2, 0) is 0 Å². The average Bonchev–Trinajstić information content (AvgIpc) is 3.45. The van der Waals surface area contributed by atoms with Crippen LogP contribution in [0, 0.1) is 6.92 Å². The molecule has 1 aliphatic heterocycles. The van der Waals surface area contributed by atoms with Gasteiger partial charge in [-0.25, -0.2) is 24.9 Å². The minimum Gasteiger partial charge on any atom is -0.490 e. The number of benzene rings is 2. The first-order valence-corrected chi connectivity index (χ1v) is 12.8. The fraction of sp³-hybridized carbons (Fsp3) is 0.222. The lowest BCUT2D eigenvalue weighted by Crippen LogP contribution is -2.34. The van der Waals surface area contributed by atoms with Crippen LogP contribution in [0.2, 0.25) is 0 Å². The maximum atomic E-state index is 6.47. The molecule has 0 bridgehead atoms. The van der Waals surface area contributed by atoms with Gasteiger partial charge in [-0.1, -0.05) is 12.1 Å². The highest BCUT2D eigenvalue weighted by atomic mass is 32.1. The monoisotopic (exact) mass is 495 g/mol. The van der Waals surface area contributed by atoms with E-state index in [9.17, 15) is 0 Å². The van der Waals surface area contributed by atoms with E-state index in [1.54, 1.807) is 11.3 Å². The van der Waals surface area contributed by atoms with Crippen LogP contribution in [0.5, 0.6) is 5.75 Å². The molecule has 0 atom stereocenters. The lowest BCUT2D eigenvalue weighted by Gasteiger charge is -2.25. The van der Waals surface area contributed by atoms with Crippen molar-refractivity contribution < 1.29 is 4.74 Å². The van der Waals surface area contributed by atoms with Crippen LogP contribution in [0.3, 0.4) is 0 Å². The molecule has 1 saturated heterocycles. The normalized spacial score (nSPS) is 14.1. The van der Waals surface area contributed by atoms with Gasteiger partial charge in [0, 0.05) is 52.9 Å². The van der Waals surface area contributed by atoms with Gasteiger partial charge in [-0.15, -0.1) is 11.3 Å². The topological polar surface area (TPSA) is 97.7 Å². The van der Waals surface area contributed by atoms with E-state index in [-0.39, 0.29) is 6.10 Å². The number of aryl methyl sites for hydroxylation is 1. The van der Waals surface area contributed by atoms with Crippen molar-refractivity contribution >= 4 is 33.9 Å². The van der Waals surface area contributed by atoms with E-state index in [0.29, 0.717) is 5.95 Å². The third-order valence-electron chi connectivity index (χ3n) is 6.18. The van der Waals surface area contributed by atoms with Gasteiger partial charge in [0.05, 0.1) is 11.1 Å². The van der Waals surface area contributed by atoms with E-state index in [1.807, 2.05) is 67.4 Å². The third-order valence-corrected chi connectivity index (χ3v) is 6.99. The number of anilines is 2. The van der Waals surface area contributed by atoms with Gasteiger partial charge in [-0.05, 0) is 56.6 Å². The van der Waals surface area contributed by atoms with Crippen LogP contribution in [0.15, 0.2) is 66.6 Å². The zero-order valence-corrected chi connectivity index (χ0v) is 20.6. The molecule has 0 spiro atoms. The summed E-state index contributed by atoms with van der Waals surface area (Å²) in [4.78, 5) is 22.4. The molecule has 5 aromatic rings. The molecule has 0 unspecified atom stereocenters. The van der Waals surface area contributed by atoms with Crippen molar-refractivity contribution in [2.45, 2.75) is 25.9 Å². The molecule has 0 amide bonds. The standard InChI is InChI=1S/C27H25N7OS/c1-17-30-15-20(16-31-17)18-2-4-21(5-3-18)33-27-32-14-19-12-23(26-29-10-11-36-26)25(13-24(19)34-27)35-22-6-8-28-9-7-22/h2-5,10-16,22,28H,6-9H2,1H3,(H,32,33,34). The molecule has 180 valence electrons. The lowest BCUT2D eigenvalue weighted by atomic mass is 10.1. The van der Waals surface area contributed by atoms with Gasteiger partial charge < -0.3 is 15.4 Å². The zero-order chi connectivity index (χ0) is 24.3. The number of hydrogen-bond acceptors (Lipinski definition) is 9. The summed E-state index contributed by atoms with van der Waals surface area (Å²) in [6.45, 7) is 3.82. The van der Waals surface area contributed by atoms with Crippen molar-refractivity contribution in [3.05, 3.63) is 72.4 Å². The molecule has 2 aromatic carbocycles. The Morgan fingerprint density at radius 3 is 2.50 bits per heavy atom. The van der Waals surface area contributed by atoms with Crippen LogP contribution in [0.4, 0.5) is 11.6 Å². The summed E-state index contributed by atoms with van der Waals surface area (Å²) in [5.74, 6) is 2.11. The quantitative estimate of drug-likeness (QED) is 0.323. The van der Waals surface area contributed by atoms with Gasteiger partial charge >= 0.3 is 0 Å².